The molecule has 4 fully saturated rings. The van der Waals surface area contributed by atoms with E-state index in [-0.39, 0.29) is 0 Å². The maximum atomic E-state index is 5.74. The lowest BCUT2D eigenvalue weighted by Crippen LogP contribution is -2.33. The summed E-state index contributed by atoms with van der Waals surface area (Å²) in [7, 11) is 0. The van der Waals surface area contributed by atoms with Crippen LogP contribution in [-0.4, -0.2) is 23.8 Å². The molecule has 2 heteroatoms. The van der Waals surface area contributed by atoms with Crippen LogP contribution in [0.4, 0.5) is 0 Å². The smallest absolute Gasteiger partial charge is 0.175 e. The van der Waals surface area contributed by atoms with Gasteiger partial charge in [0.2, 0.25) is 0 Å². The van der Waals surface area contributed by atoms with Gasteiger partial charge in [0.25, 0.3) is 0 Å². The van der Waals surface area contributed by atoms with Crippen LogP contribution in [0.25, 0.3) is 0 Å². The summed E-state index contributed by atoms with van der Waals surface area (Å²) < 4.78 is 5.74. The fourth-order valence-electron chi connectivity index (χ4n) is 5.16. The third-order valence-electron chi connectivity index (χ3n) is 5.82. The Hall–Kier alpha value is 0.0500. The molecule has 0 aromatic heterocycles. The fourth-order valence-corrected chi connectivity index (χ4v) is 5.63. The molecule has 1 aliphatic heterocycles. The van der Waals surface area contributed by atoms with E-state index >= 15 is 0 Å². The Balaban J connectivity index is 1.49. The van der Waals surface area contributed by atoms with E-state index in [1.54, 1.807) is 17.8 Å². The summed E-state index contributed by atoms with van der Waals surface area (Å²) in [5, 5.41) is 0. The highest BCUT2D eigenvalue weighted by Gasteiger charge is 2.59. The van der Waals surface area contributed by atoms with E-state index in [4.69, 9.17) is 4.74 Å². The van der Waals surface area contributed by atoms with Crippen molar-refractivity contribution in [1.29, 1.82) is 0 Å². The average molecular weight is 237 g/mol. The molecule has 0 amide bonds. The summed E-state index contributed by atoms with van der Waals surface area (Å²) in [6.45, 7) is 0. The molecule has 7 unspecified atom stereocenters. The Morgan fingerprint density at radius 2 is 1.81 bits per heavy atom. The molecule has 4 aliphatic rings. The van der Waals surface area contributed by atoms with Gasteiger partial charge in [-0.3, -0.25) is 0 Å². The lowest BCUT2D eigenvalue weighted by atomic mass is 9.67. The third kappa shape index (κ3) is 1.35. The van der Waals surface area contributed by atoms with Crippen LogP contribution in [-0.2, 0) is 16.1 Å². The average Bonchev–Trinajstić information content (AvgIpc) is 2.82. The van der Waals surface area contributed by atoms with Crippen LogP contribution in [0.15, 0.2) is 0 Å². The van der Waals surface area contributed by atoms with E-state index in [0.29, 0.717) is 12.2 Å². The lowest BCUT2D eigenvalue weighted by Gasteiger charge is -2.37. The molecule has 0 N–H and O–H groups in total. The first-order chi connectivity index (χ1) is 7.86. The van der Waals surface area contributed by atoms with Crippen molar-refractivity contribution in [2.75, 3.05) is 5.75 Å². The first-order valence-corrected chi connectivity index (χ1v) is 8.04. The molecule has 0 radical (unpaired) electrons. The lowest BCUT2D eigenvalue weighted by molar-refractivity contribution is 0.127. The van der Waals surface area contributed by atoms with Gasteiger partial charge in [0.15, 0.2) is 23.0 Å². The van der Waals surface area contributed by atoms with Gasteiger partial charge in [-0.2, -0.15) is 0 Å². The Kier molecular flexibility index (Phi) is 2.20. The van der Waals surface area contributed by atoms with Gasteiger partial charge in [0.05, 0.1) is 12.2 Å². The summed E-state index contributed by atoms with van der Waals surface area (Å²) in [6.07, 6.45) is 8.70. The van der Waals surface area contributed by atoms with Gasteiger partial charge >= 0.3 is 0 Å². The summed E-state index contributed by atoms with van der Waals surface area (Å²) >= 11 is 1.78. The van der Waals surface area contributed by atoms with Crippen molar-refractivity contribution in [2.45, 2.75) is 44.3 Å². The quantitative estimate of drug-likeness (QED) is 0.417. The van der Waals surface area contributed by atoms with E-state index < -0.39 is 0 Å². The molecular formula is C14H21OS+. The molecule has 0 aromatic rings. The number of rotatable bonds is 3. The predicted molar refractivity (Wildman–Crippen MR) is 68.5 cm³/mol. The van der Waals surface area contributed by atoms with Crippen LogP contribution in [0.3, 0.4) is 0 Å². The normalized spacial score (nSPS) is 56.9. The van der Waals surface area contributed by atoms with Crippen molar-refractivity contribution < 1.29 is 4.74 Å². The van der Waals surface area contributed by atoms with E-state index in [0.717, 1.165) is 29.6 Å². The monoisotopic (exact) mass is 237 g/mol. The van der Waals surface area contributed by atoms with Crippen LogP contribution in [0.1, 0.15) is 32.1 Å². The van der Waals surface area contributed by atoms with Gasteiger partial charge in [-0.05, 0) is 55.3 Å². The van der Waals surface area contributed by atoms with E-state index in [1.165, 1.54) is 31.4 Å². The van der Waals surface area contributed by atoms with Crippen molar-refractivity contribution >= 4 is 17.2 Å². The maximum Gasteiger partial charge on any atom is 0.175 e. The summed E-state index contributed by atoms with van der Waals surface area (Å²) in [5.41, 5.74) is 0. The summed E-state index contributed by atoms with van der Waals surface area (Å²) in [4.78, 5) is 0. The highest BCUT2D eigenvalue weighted by Crippen LogP contribution is 2.63. The van der Waals surface area contributed by atoms with Crippen molar-refractivity contribution in [3.8, 4) is 0 Å². The minimum atomic E-state index is 0.684. The summed E-state index contributed by atoms with van der Waals surface area (Å²) in [5.74, 6) is 10.4. The number of fused-ring (bicyclic) bond motifs is 6. The van der Waals surface area contributed by atoms with E-state index in [9.17, 15) is 0 Å². The van der Waals surface area contributed by atoms with Gasteiger partial charge in [-0.15, -0.1) is 0 Å². The largest absolute Gasteiger partial charge is 0.370 e. The number of ether oxygens (including phenoxy) is 1. The molecule has 1 saturated heterocycles. The Bertz CT molecular complexity index is 316. The van der Waals surface area contributed by atoms with Gasteiger partial charge < -0.3 is 4.74 Å². The van der Waals surface area contributed by atoms with E-state index in [2.05, 4.69) is 5.87 Å². The second kappa shape index (κ2) is 3.52. The van der Waals surface area contributed by atoms with Gasteiger partial charge in [0.1, 0.15) is 0 Å². The zero-order valence-corrected chi connectivity index (χ0v) is 10.6. The van der Waals surface area contributed by atoms with Crippen LogP contribution < -0.4 is 0 Å². The van der Waals surface area contributed by atoms with Gasteiger partial charge in [-0.1, -0.05) is 0 Å². The van der Waals surface area contributed by atoms with Crippen molar-refractivity contribution in [3.05, 3.63) is 0 Å². The fraction of sp³-hybridized carbons (Fsp3) is 0.929. The first-order valence-electron chi connectivity index (χ1n) is 6.89. The highest BCUT2D eigenvalue weighted by molar-refractivity contribution is 7.76. The van der Waals surface area contributed by atoms with Crippen LogP contribution in [0.2, 0.25) is 0 Å². The molecule has 0 aromatic carbocycles. The highest BCUT2D eigenvalue weighted by atomic mass is 32.1. The molecule has 1 nitrogen and oxygen atoms in total. The Labute approximate surface area is 102 Å². The minimum Gasteiger partial charge on any atom is -0.370 e. The van der Waals surface area contributed by atoms with Crippen molar-refractivity contribution in [3.63, 3.8) is 0 Å². The maximum absolute atomic E-state index is 5.74. The predicted octanol–water partition coefficient (Wildman–Crippen LogP) is 2.34. The SMILES string of the molecule is C=[S+]CCC1CC2CC1C1CC3OC3CC21. The van der Waals surface area contributed by atoms with Gasteiger partial charge in [0, 0.05) is 6.42 Å². The molecule has 2 bridgehead atoms. The van der Waals surface area contributed by atoms with Crippen LogP contribution in [0, 0.1) is 29.6 Å². The Morgan fingerprint density at radius 3 is 2.62 bits per heavy atom. The van der Waals surface area contributed by atoms with Crippen LogP contribution in [0.5, 0.6) is 0 Å². The van der Waals surface area contributed by atoms with Crippen molar-refractivity contribution in [2.24, 2.45) is 29.6 Å². The standard InChI is InChI=1S/C14H21OS/c1-16-3-2-8-4-9-5-10(8)12-7-14-13(15-14)6-11(9)12/h8-14H,1-7H2/q+1. The van der Waals surface area contributed by atoms with Crippen molar-refractivity contribution in [1.82, 2.24) is 0 Å². The third-order valence-corrected chi connectivity index (χ3v) is 6.35. The number of hydrogen-bond acceptors (Lipinski definition) is 1. The molecule has 0 spiro atoms. The second-order valence-corrected chi connectivity index (χ2v) is 7.18. The first kappa shape index (κ1) is 10.0. The molecule has 88 valence electrons. The topological polar surface area (TPSA) is 12.5 Å². The molecular weight excluding hydrogens is 216 g/mol. The minimum absolute atomic E-state index is 0.684. The molecule has 3 aliphatic carbocycles. The Morgan fingerprint density at radius 1 is 1.00 bits per heavy atom. The van der Waals surface area contributed by atoms with Gasteiger partial charge in [-0.25, -0.2) is 0 Å². The zero-order valence-electron chi connectivity index (χ0n) is 9.81. The van der Waals surface area contributed by atoms with Crippen LogP contribution >= 0.6 is 0 Å². The second-order valence-electron chi connectivity index (χ2n) is 6.36. The number of hydrogen-bond donors (Lipinski definition) is 0. The molecule has 3 saturated carbocycles. The van der Waals surface area contributed by atoms with E-state index in [1.807, 2.05) is 0 Å². The molecule has 4 rings (SSSR count). The molecule has 1 heterocycles. The molecule has 7 atom stereocenters. The zero-order chi connectivity index (χ0) is 10.7. The number of epoxide rings is 1. The molecule has 16 heavy (non-hydrogen) atoms. The summed E-state index contributed by atoms with van der Waals surface area (Å²) in [6, 6.07) is 0.